The van der Waals surface area contributed by atoms with Gasteiger partial charge >= 0.3 is 0 Å². The second-order valence-corrected chi connectivity index (χ2v) is 9.61. The number of aromatic nitrogens is 2. The van der Waals surface area contributed by atoms with Gasteiger partial charge in [-0.25, -0.2) is 0 Å². The Morgan fingerprint density at radius 1 is 1.16 bits per heavy atom. The van der Waals surface area contributed by atoms with Gasteiger partial charge in [-0.3, -0.25) is 14.5 Å². The Morgan fingerprint density at radius 2 is 1.90 bits per heavy atom. The highest BCUT2D eigenvalue weighted by molar-refractivity contribution is 7.99. The van der Waals surface area contributed by atoms with Crippen LogP contribution in [-0.2, 0) is 20.1 Å². The van der Waals surface area contributed by atoms with Crippen LogP contribution >= 0.6 is 11.8 Å². The van der Waals surface area contributed by atoms with Gasteiger partial charge in [-0.15, -0.1) is 0 Å². The number of thioether (sulfide) groups is 1. The zero-order chi connectivity index (χ0) is 22.2. The molecule has 0 bridgehead atoms. The van der Waals surface area contributed by atoms with Gasteiger partial charge in [0.15, 0.2) is 11.5 Å². The van der Waals surface area contributed by atoms with Gasteiger partial charge in [0.05, 0.1) is 13.3 Å². The largest absolute Gasteiger partial charge is 0.493 e. The van der Waals surface area contributed by atoms with Crippen LogP contribution in [0.3, 0.4) is 0 Å². The summed E-state index contributed by atoms with van der Waals surface area (Å²) in [6, 6.07) is 6.44. The first-order valence-electron chi connectivity index (χ1n) is 10.9. The molecule has 2 aromatic rings. The molecule has 8 heteroatoms. The summed E-state index contributed by atoms with van der Waals surface area (Å²) in [5.41, 5.74) is 2.36. The summed E-state index contributed by atoms with van der Waals surface area (Å²) in [6.45, 7) is 9.03. The summed E-state index contributed by atoms with van der Waals surface area (Å²) in [5, 5.41) is 14.7. The monoisotopic (exact) mass is 448 g/mol. The Hall–Kier alpha value is -1.74. The quantitative estimate of drug-likeness (QED) is 0.567. The third-order valence-electron chi connectivity index (χ3n) is 5.49. The fraction of sp³-hybridized carbons (Fsp3) is 0.609. The number of methoxy groups -OCH3 is 1. The molecule has 7 nitrogen and oxygen atoms in total. The van der Waals surface area contributed by atoms with Crippen LogP contribution in [0.4, 0.5) is 0 Å². The molecule has 3 rings (SSSR count). The highest BCUT2D eigenvalue weighted by Crippen LogP contribution is 2.29. The molecule has 31 heavy (non-hydrogen) atoms. The second kappa shape index (κ2) is 11.8. The number of hydrogen-bond donors (Lipinski definition) is 1. The first-order chi connectivity index (χ1) is 14.9. The van der Waals surface area contributed by atoms with Crippen LogP contribution in [-0.4, -0.2) is 81.7 Å². The maximum absolute atomic E-state index is 10.4. The molecule has 172 valence electrons. The van der Waals surface area contributed by atoms with E-state index in [1.165, 1.54) is 5.56 Å². The van der Waals surface area contributed by atoms with E-state index in [0.29, 0.717) is 24.1 Å². The van der Waals surface area contributed by atoms with Crippen molar-refractivity contribution in [2.75, 3.05) is 44.9 Å². The molecule has 0 saturated carbocycles. The molecule has 1 N–H and O–H groups in total. The van der Waals surface area contributed by atoms with Gasteiger partial charge < -0.3 is 14.6 Å². The lowest BCUT2D eigenvalue weighted by molar-refractivity contribution is 0.0704. The van der Waals surface area contributed by atoms with Gasteiger partial charge in [-0.05, 0) is 31.5 Å². The van der Waals surface area contributed by atoms with Gasteiger partial charge in [-0.2, -0.15) is 16.9 Å². The van der Waals surface area contributed by atoms with E-state index in [-0.39, 0.29) is 6.61 Å². The van der Waals surface area contributed by atoms with E-state index in [9.17, 15) is 5.11 Å². The van der Waals surface area contributed by atoms with E-state index in [0.717, 1.165) is 43.2 Å². The molecule has 2 heterocycles. The third-order valence-corrected chi connectivity index (χ3v) is 6.43. The maximum atomic E-state index is 10.4. The van der Waals surface area contributed by atoms with Crippen molar-refractivity contribution in [1.29, 1.82) is 0 Å². The summed E-state index contributed by atoms with van der Waals surface area (Å²) in [4.78, 5) is 4.70. The van der Waals surface area contributed by atoms with Crippen LogP contribution in [0, 0.1) is 0 Å². The van der Waals surface area contributed by atoms with E-state index in [1.54, 1.807) is 7.11 Å². The molecular weight excluding hydrogens is 412 g/mol. The van der Waals surface area contributed by atoms with Gasteiger partial charge in [0.2, 0.25) is 0 Å². The van der Waals surface area contributed by atoms with Crippen molar-refractivity contribution in [2.45, 2.75) is 39.1 Å². The van der Waals surface area contributed by atoms with Gasteiger partial charge in [0.25, 0.3) is 0 Å². The molecule has 0 radical (unpaired) electrons. The van der Waals surface area contributed by atoms with Crippen molar-refractivity contribution in [2.24, 2.45) is 7.05 Å². The number of aliphatic hydroxyl groups is 1. The molecule has 1 aromatic heterocycles. The standard InChI is InChI=1S/C23H36N4O3S/c1-18(2)27(15-20-12-24-25(3)13-20)14-19-5-6-22(23(11-19)29-4)30-17-21(28)16-26-7-9-31-10-8-26/h5-6,11-13,18,21,28H,7-10,14-17H2,1-4H3. The smallest absolute Gasteiger partial charge is 0.161 e. The lowest BCUT2D eigenvalue weighted by Crippen LogP contribution is -2.40. The second-order valence-electron chi connectivity index (χ2n) is 8.38. The summed E-state index contributed by atoms with van der Waals surface area (Å²) in [7, 11) is 3.60. The number of aliphatic hydroxyl groups excluding tert-OH is 1. The van der Waals surface area contributed by atoms with Crippen molar-refractivity contribution in [3.63, 3.8) is 0 Å². The van der Waals surface area contributed by atoms with Crippen molar-refractivity contribution in [3.05, 3.63) is 41.7 Å². The molecule has 1 atom stereocenters. The number of ether oxygens (including phenoxy) is 2. The van der Waals surface area contributed by atoms with Gasteiger partial charge in [0.1, 0.15) is 12.7 Å². The predicted octanol–water partition coefficient (Wildman–Crippen LogP) is 2.63. The Kier molecular flexibility index (Phi) is 9.07. The van der Waals surface area contributed by atoms with Crippen LogP contribution in [0.1, 0.15) is 25.0 Å². The van der Waals surface area contributed by atoms with Crippen LogP contribution in [0.15, 0.2) is 30.6 Å². The van der Waals surface area contributed by atoms with Crippen LogP contribution < -0.4 is 9.47 Å². The Balaban J connectivity index is 1.57. The highest BCUT2D eigenvalue weighted by Gasteiger charge is 2.17. The van der Waals surface area contributed by atoms with E-state index in [1.807, 2.05) is 41.8 Å². The SMILES string of the molecule is COc1cc(CN(Cc2cnn(C)c2)C(C)C)ccc1OCC(O)CN1CCSCC1. The predicted molar refractivity (Wildman–Crippen MR) is 126 cm³/mol. The number of benzene rings is 1. The van der Waals surface area contributed by atoms with Crippen LogP contribution in [0.25, 0.3) is 0 Å². The first-order valence-corrected chi connectivity index (χ1v) is 12.1. The van der Waals surface area contributed by atoms with Crippen molar-refractivity contribution in [1.82, 2.24) is 19.6 Å². The average molecular weight is 449 g/mol. The van der Waals surface area contributed by atoms with E-state index >= 15 is 0 Å². The van der Waals surface area contributed by atoms with Crippen molar-refractivity contribution >= 4 is 11.8 Å². The number of nitrogens with zero attached hydrogens (tertiary/aromatic N) is 4. The fourth-order valence-corrected chi connectivity index (χ4v) is 4.67. The zero-order valence-corrected chi connectivity index (χ0v) is 20.0. The third kappa shape index (κ3) is 7.42. The van der Waals surface area contributed by atoms with Gasteiger partial charge in [0, 0.05) is 69.1 Å². The summed E-state index contributed by atoms with van der Waals surface area (Å²) >= 11 is 1.97. The molecule has 1 aliphatic rings. The molecule has 1 saturated heterocycles. The number of rotatable bonds is 11. The Morgan fingerprint density at radius 3 is 2.55 bits per heavy atom. The average Bonchev–Trinajstić information content (AvgIpc) is 3.17. The molecule has 1 aliphatic heterocycles. The summed E-state index contributed by atoms with van der Waals surface area (Å²) in [6.07, 6.45) is 3.46. The Labute approximate surface area is 190 Å². The lowest BCUT2D eigenvalue weighted by atomic mass is 10.1. The first kappa shape index (κ1) is 23.9. The van der Waals surface area contributed by atoms with Crippen LogP contribution in [0.5, 0.6) is 11.5 Å². The van der Waals surface area contributed by atoms with Gasteiger partial charge in [-0.1, -0.05) is 6.07 Å². The van der Waals surface area contributed by atoms with Crippen LogP contribution in [0.2, 0.25) is 0 Å². The maximum Gasteiger partial charge on any atom is 0.161 e. The molecule has 0 aliphatic carbocycles. The molecule has 0 amide bonds. The minimum Gasteiger partial charge on any atom is -0.493 e. The zero-order valence-electron chi connectivity index (χ0n) is 19.2. The summed E-state index contributed by atoms with van der Waals surface area (Å²) in [5.74, 6) is 3.64. The number of β-amino-alcohol motifs (C(OH)–C–C–N with tert-alkyl or cyclic N) is 1. The van der Waals surface area contributed by atoms with Crippen molar-refractivity contribution in [3.8, 4) is 11.5 Å². The number of aryl methyl sites for hydroxylation is 1. The molecular formula is C23H36N4O3S. The van der Waals surface area contributed by atoms with E-state index in [2.05, 4.69) is 41.0 Å². The van der Waals surface area contributed by atoms with E-state index < -0.39 is 6.10 Å². The number of hydrogen-bond acceptors (Lipinski definition) is 7. The minimum absolute atomic E-state index is 0.262. The molecule has 0 spiro atoms. The Bertz CT molecular complexity index is 808. The highest BCUT2D eigenvalue weighted by atomic mass is 32.2. The fourth-order valence-electron chi connectivity index (χ4n) is 3.69. The minimum atomic E-state index is -0.511. The van der Waals surface area contributed by atoms with Crippen molar-refractivity contribution < 1.29 is 14.6 Å². The molecule has 1 aromatic carbocycles. The van der Waals surface area contributed by atoms with E-state index in [4.69, 9.17) is 9.47 Å². The molecule has 1 fully saturated rings. The summed E-state index contributed by atoms with van der Waals surface area (Å²) < 4.78 is 13.3. The molecule has 1 unspecified atom stereocenters. The topological polar surface area (TPSA) is 63.0 Å². The normalized spacial score (nSPS) is 16.1. The lowest BCUT2D eigenvalue weighted by Gasteiger charge is -2.28.